The van der Waals surface area contributed by atoms with E-state index in [0.29, 0.717) is 11.3 Å². The lowest BCUT2D eigenvalue weighted by molar-refractivity contribution is 0.961. The number of hydrogen-bond acceptors (Lipinski definition) is 2. The van der Waals surface area contributed by atoms with Gasteiger partial charge in [-0.05, 0) is 55.5 Å². The van der Waals surface area contributed by atoms with E-state index in [2.05, 4.69) is 29.2 Å². The number of nitrogens with two attached hydrogens (primary N) is 1. The molecule has 3 N–H and O–H groups in total. The molecule has 0 spiro atoms. The van der Waals surface area contributed by atoms with Crippen LogP contribution in [0.5, 0.6) is 0 Å². The molecule has 4 heteroatoms. The van der Waals surface area contributed by atoms with Crippen LogP contribution in [0.3, 0.4) is 0 Å². The van der Waals surface area contributed by atoms with Crippen molar-refractivity contribution in [2.45, 2.75) is 26.7 Å². The number of H-pyrrole nitrogens is 1. The van der Waals surface area contributed by atoms with Gasteiger partial charge in [0.1, 0.15) is 5.02 Å². The molecule has 0 unspecified atom stereocenters. The van der Waals surface area contributed by atoms with E-state index in [-0.39, 0.29) is 10.5 Å². The Morgan fingerprint density at radius 3 is 1.96 bits per heavy atom. The maximum atomic E-state index is 12.5. The van der Waals surface area contributed by atoms with Crippen molar-refractivity contribution >= 4 is 17.3 Å². The first-order chi connectivity index (χ1) is 12.0. The van der Waals surface area contributed by atoms with E-state index in [4.69, 9.17) is 17.3 Å². The van der Waals surface area contributed by atoms with Gasteiger partial charge in [0.15, 0.2) is 0 Å². The van der Waals surface area contributed by atoms with Gasteiger partial charge in [0.2, 0.25) is 5.43 Å². The van der Waals surface area contributed by atoms with Crippen molar-refractivity contribution in [3.05, 3.63) is 86.3 Å². The van der Waals surface area contributed by atoms with Crippen LogP contribution in [0.4, 0.5) is 5.69 Å². The Balaban J connectivity index is 1.80. The minimum absolute atomic E-state index is 0.120. The number of aromatic nitrogens is 1. The highest BCUT2D eigenvalue weighted by Gasteiger charge is 2.12. The van der Waals surface area contributed by atoms with Crippen LogP contribution < -0.4 is 11.2 Å². The van der Waals surface area contributed by atoms with Crippen molar-refractivity contribution in [2.24, 2.45) is 0 Å². The third-order valence-electron chi connectivity index (χ3n) is 4.43. The lowest BCUT2D eigenvalue weighted by Crippen LogP contribution is -2.11. The predicted molar refractivity (Wildman–Crippen MR) is 105 cm³/mol. The van der Waals surface area contributed by atoms with Crippen LogP contribution >= 0.6 is 11.6 Å². The highest BCUT2D eigenvalue weighted by molar-refractivity contribution is 6.31. The lowest BCUT2D eigenvalue weighted by atomic mass is 9.99. The molecule has 1 aromatic heterocycles. The zero-order valence-corrected chi connectivity index (χ0v) is 15.2. The van der Waals surface area contributed by atoms with Crippen molar-refractivity contribution in [2.75, 3.05) is 5.73 Å². The summed E-state index contributed by atoms with van der Waals surface area (Å²) in [4.78, 5) is 15.6. The third-order valence-corrected chi connectivity index (χ3v) is 4.89. The Bertz CT molecular complexity index is 941. The van der Waals surface area contributed by atoms with Gasteiger partial charge in [-0.15, -0.1) is 0 Å². The first-order valence-electron chi connectivity index (χ1n) is 8.28. The summed E-state index contributed by atoms with van der Waals surface area (Å²) in [5.41, 5.74) is 11.9. The van der Waals surface area contributed by atoms with Gasteiger partial charge < -0.3 is 10.7 Å². The van der Waals surface area contributed by atoms with Gasteiger partial charge in [-0.2, -0.15) is 0 Å². The average molecular weight is 353 g/mol. The summed E-state index contributed by atoms with van der Waals surface area (Å²) >= 11 is 6.11. The molecule has 0 saturated carbocycles. The molecule has 2 aromatic carbocycles. The molecule has 0 amide bonds. The fourth-order valence-electron chi connectivity index (χ4n) is 3.01. The minimum Gasteiger partial charge on any atom is -0.399 e. The van der Waals surface area contributed by atoms with Gasteiger partial charge in [0.05, 0.1) is 0 Å². The molecule has 3 aromatic rings. The van der Waals surface area contributed by atoms with Crippen molar-refractivity contribution in [1.29, 1.82) is 0 Å². The number of aromatic amines is 1. The fourth-order valence-corrected chi connectivity index (χ4v) is 3.15. The van der Waals surface area contributed by atoms with E-state index in [0.717, 1.165) is 29.8 Å². The van der Waals surface area contributed by atoms with Crippen molar-refractivity contribution in [3.63, 3.8) is 0 Å². The number of aryl methyl sites for hydroxylation is 4. The van der Waals surface area contributed by atoms with E-state index in [1.54, 1.807) is 6.92 Å². The number of hydrogen-bond donors (Lipinski definition) is 2. The monoisotopic (exact) mass is 352 g/mol. The largest absolute Gasteiger partial charge is 0.399 e. The molecule has 0 aliphatic rings. The second kappa shape index (κ2) is 7.16. The molecule has 0 aliphatic heterocycles. The summed E-state index contributed by atoms with van der Waals surface area (Å²) in [6, 6.07) is 16.1. The SMILES string of the molecule is Cc1[nH]c(C)c(-c2ccc(CCc3ccc(N)cc3)cc2)c(=O)c1Cl. The summed E-state index contributed by atoms with van der Waals surface area (Å²) in [6.45, 7) is 3.70. The molecule has 3 rings (SSSR count). The number of halogens is 1. The molecule has 0 atom stereocenters. The summed E-state index contributed by atoms with van der Waals surface area (Å²) in [6.07, 6.45) is 1.89. The van der Waals surface area contributed by atoms with Gasteiger partial charge in [-0.1, -0.05) is 48.0 Å². The quantitative estimate of drug-likeness (QED) is 0.670. The predicted octanol–water partition coefficient (Wildman–Crippen LogP) is 4.68. The van der Waals surface area contributed by atoms with E-state index < -0.39 is 0 Å². The van der Waals surface area contributed by atoms with Gasteiger partial charge in [-0.3, -0.25) is 4.79 Å². The topological polar surface area (TPSA) is 58.9 Å². The molecule has 0 radical (unpaired) electrons. The second-order valence-electron chi connectivity index (χ2n) is 6.33. The Hall–Kier alpha value is -2.52. The van der Waals surface area contributed by atoms with E-state index in [1.165, 1.54) is 11.1 Å². The molecule has 25 heavy (non-hydrogen) atoms. The zero-order valence-electron chi connectivity index (χ0n) is 14.4. The molecule has 0 fully saturated rings. The van der Waals surface area contributed by atoms with Crippen LogP contribution in [0.1, 0.15) is 22.5 Å². The van der Waals surface area contributed by atoms with Crippen LogP contribution in [0.25, 0.3) is 11.1 Å². The molecular weight excluding hydrogens is 332 g/mol. The number of rotatable bonds is 4. The average Bonchev–Trinajstić information content (AvgIpc) is 2.60. The number of pyridine rings is 1. The summed E-state index contributed by atoms with van der Waals surface area (Å²) in [7, 11) is 0. The summed E-state index contributed by atoms with van der Waals surface area (Å²) in [5.74, 6) is 0. The van der Waals surface area contributed by atoms with Crippen molar-refractivity contribution < 1.29 is 0 Å². The minimum atomic E-state index is -0.120. The molecule has 1 heterocycles. The van der Waals surface area contributed by atoms with Gasteiger partial charge >= 0.3 is 0 Å². The summed E-state index contributed by atoms with van der Waals surface area (Å²) < 4.78 is 0. The smallest absolute Gasteiger partial charge is 0.208 e. The normalized spacial score (nSPS) is 10.8. The van der Waals surface area contributed by atoms with Crippen LogP contribution in [0, 0.1) is 13.8 Å². The van der Waals surface area contributed by atoms with Crippen molar-refractivity contribution in [1.82, 2.24) is 4.98 Å². The van der Waals surface area contributed by atoms with Crippen LogP contribution in [-0.4, -0.2) is 4.98 Å². The Labute approximate surface area is 152 Å². The Morgan fingerprint density at radius 1 is 0.880 bits per heavy atom. The Morgan fingerprint density at radius 2 is 1.40 bits per heavy atom. The molecule has 128 valence electrons. The van der Waals surface area contributed by atoms with Crippen LogP contribution in [0.15, 0.2) is 53.3 Å². The van der Waals surface area contributed by atoms with Crippen LogP contribution in [-0.2, 0) is 12.8 Å². The van der Waals surface area contributed by atoms with E-state index >= 15 is 0 Å². The third kappa shape index (κ3) is 3.77. The van der Waals surface area contributed by atoms with E-state index in [1.807, 2.05) is 31.2 Å². The number of anilines is 1. The zero-order chi connectivity index (χ0) is 18.0. The second-order valence-corrected chi connectivity index (χ2v) is 6.71. The Kier molecular flexibility index (Phi) is 4.95. The highest BCUT2D eigenvalue weighted by atomic mass is 35.5. The molecular formula is C21H21ClN2O. The maximum absolute atomic E-state index is 12.5. The maximum Gasteiger partial charge on any atom is 0.208 e. The fraction of sp³-hybridized carbons (Fsp3) is 0.190. The van der Waals surface area contributed by atoms with Crippen molar-refractivity contribution in [3.8, 4) is 11.1 Å². The number of nitrogens with one attached hydrogen (secondary N) is 1. The van der Waals surface area contributed by atoms with Gasteiger partial charge in [-0.25, -0.2) is 0 Å². The molecule has 0 bridgehead atoms. The molecule has 0 saturated heterocycles. The van der Waals surface area contributed by atoms with Crippen LogP contribution in [0.2, 0.25) is 5.02 Å². The first kappa shape index (κ1) is 17.3. The number of nitrogen functional groups attached to an aromatic ring is 1. The molecule has 3 nitrogen and oxygen atoms in total. The number of benzene rings is 2. The summed E-state index contributed by atoms with van der Waals surface area (Å²) in [5, 5.41) is 0.257. The lowest BCUT2D eigenvalue weighted by Gasteiger charge is -2.10. The standard InChI is InChI=1S/C21H21ClN2O/c1-13-19(21(25)20(22)14(2)24-13)17-9-5-15(6-10-17)3-4-16-7-11-18(23)12-8-16/h5-12H,3-4,23H2,1-2H3,(H,24,25). The highest BCUT2D eigenvalue weighted by Crippen LogP contribution is 2.23. The first-order valence-corrected chi connectivity index (χ1v) is 8.66. The van der Waals surface area contributed by atoms with Gasteiger partial charge in [0, 0.05) is 22.6 Å². The van der Waals surface area contributed by atoms with E-state index in [9.17, 15) is 4.79 Å². The van der Waals surface area contributed by atoms with Gasteiger partial charge in [0.25, 0.3) is 0 Å². The molecule has 0 aliphatic carbocycles.